The van der Waals surface area contributed by atoms with E-state index in [0.29, 0.717) is 13.2 Å². The van der Waals surface area contributed by atoms with Gasteiger partial charge in [-0.1, -0.05) is 6.07 Å². The van der Waals surface area contributed by atoms with Gasteiger partial charge in [0, 0.05) is 24.9 Å². The van der Waals surface area contributed by atoms with Gasteiger partial charge in [-0.3, -0.25) is 10.1 Å². The molecule has 1 atom stereocenters. The van der Waals surface area contributed by atoms with Crippen LogP contribution in [0.3, 0.4) is 0 Å². The van der Waals surface area contributed by atoms with Crippen molar-refractivity contribution in [3.8, 4) is 0 Å². The van der Waals surface area contributed by atoms with Gasteiger partial charge in [-0.25, -0.2) is 0 Å². The van der Waals surface area contributed by atoms with Crippen LogP contribution in [-0.2, 0) is 9.53 Å². The molecule has 4 nitrogen and oxygen atoms in total. The second kappa shape index (κ2) is 4.85. The van der Waals surface area contributed by atoms with Crippen LogP contribution in [0.25, 0.3) is 0 Å². The van der Waals surface area contributed by atoms with Crippen molar-refractivity contribution in [1.82, 2.24) is 5.32 Å². The first kappa shape index (κ1) is 12.1. The number of rotatable bonds is 4. The summed E-state index contributed by atoms with van der Waals surface area (Å²) in [5.74, 6) is 0.0183. The molecule has 1 heterocycles. The summed E-state index contributed by atoms with van der Waals surface area (Å²) in [7, 11) is 1.65. The van der Waals surface area contributed by atoms with E-state index < -0.39 is 0 Å². The van der Waals surface area contributed by atoms with E-state index in [-0.39, 0.29) is 11.9 Å². The Morgan fingerprint density at radius 2 is 2.18 bits per heavy atom. The van der Waals surface area contributed by atoms with Gasteiger partial charge in [0.05, 0.1) is 6.61 Å². The van der Waals surface area contributed by atoms with Gasteiger partial charge >= 0.3 is 0 Å². The zero-order valence-electron chi connectivity index (χ0n) is 10.5. The van der Waals surface area contributed by atoms with Gasteiger partial charge in [-0.15, -0.1) is 0 Å². The van der Waals surface area contributed by atoms with Gasteiger partial charge < -0.3 is 10.1 Å². The number of carbonyl (C=O) groups excluding carboxylic acids is 1. The number of methoxy groups -OCH3 is 1. The van der Waals surface area contributed by atoms with Crippen molar-refractivity contribution in [3.05, 3.63) is 28.8 Å². The molecule has 1 unspecified atom stereocenters. The average molecular weight is 234 g/mol. The van der Waals surface area contributed by atoms with Crippen molar-refractivity contribution in [2.24, 2.45) is 0 Å². The summed E-state index contributed by atoms with van der Waals surface area (Å²) in [6, 6.07) is 3.86. The van der Waals surface area contributed by atoms with E-state index in [9.17, 15) is 4.79 Å². The SMILES string of the molecule is COCCNC1C(=O)Nc2cc(C)cc(C)c21. The lowest BCUT2D eigenvalue weighted by molar-refractivity contribution is -0.117. The number of hydrogen-bond acceptors (Lipinski definition) is 3. The quantitative estimate of drug-likeness (QED) is 0.777. The van der Waals surface area contributed by atoms with Gasteiger partial charge in [0.1, 0.15) is 6.04 Å². The minimum absolute atomic E-state index is 0.0183. The molecule has 0 saturated carbocycles. The number of nitrogens with one attached hydrogen (secondary N) is 2. The number of hydrogen-bond donors (Lipinski definition) is 2. The van der Waals surface area contributed by atoms with Gasteiger partial charge in [-0.05, 0) is 31.0 Å². The van der Waals surface area contributed by atoms with E-state index in [1.54, 1.807) is 7.11 Å². The molecule has 0 fully saturated rings. The Hall–Kier alpha value is -1.39. The Balaban J connectivity index is 2.24. The molecular formula is C13H18N2O2. The lowest BCUT2D eigenvalue weighted by Gasteiger charge is -2.13. The van der Waals surface area contributed by atoms with E-state index in [1.165, 1.54) is 5.56 Å². The molecule has 0 saturated heterocycles. The first-order valence-electron chi connectivity index (χ1n) is 5.78. The average Bonchev–Trinajstić information content (AvgIpc) is 2.55. The van der Waals surface area contributed by atoms with Gasteiger partial charge in [0.25, 0.3) is 0 Å². The Morgan fingerprint density at radius 3 is 2.88 bits per heavy atom. The third-order valence-corrected chi connectivity index (χ3v) is 2.99. The molecule has 0 aromatic heterocycles. The second-order valence-corrected chi connectivity index (χ2v) is 4.41. The number of ether oxygens (including phenoxy) is 1. The zero-order chi connectivity index (χ0) is 12.4. The fraction of sp³-hybridized carbons (Fsp3) is 0.462. The first-order valence-corrected chi connectivity index (χ1v) is 5.78. The molecule has 1 aromatic rings. The number of fused-ring (bicyclic) bond motifs is 1. The third kappa shape index (κ3) is 2.33. The summed E-state index contributed by atoms with van der Waals surface area (Å²) in [4.78, 5) is 11.9. The van der Waals surface area contributed by atoms with Crippen molar-refractivity contribution in [3.63, 3.8) is 0 Å². The maximum Gasteiger partial charge on any atom is 0.246 e. The fourth-order valence-electron chi connectivity index (χ4n) is 2.30. The molecule has 0 spiro atoms. The molecule has 92 valence electrons. The van der Waals surface area contributed by atoms with E-state index in [1.807, 2.05) is 19.9 Å². The summed E-state index contributed by atoms with van der Waals surface area (Å²) in [6.45, 7) is 5.34. The molecular weight excluding hydrogens is 216 g/mol. The Kier molecular flexibility index (Phi) is 3.45. The van der Waals surface area contributed by atoms with E-state index >= 15 is 0 Å². The Bertz CT molecular complexity index is 443. The van der Waals surface area contributed by atoms with Crippen LogP contribution in [0.2, 0.25) is 0 Å². The van der Waals surface area contributed by atoms with Crippen LogP contribution in [0.4, 0.5) is 5.69 Å². The zero-order valence-corrected chi connectivity index (χ0v) is 10.5. The van der Waals surface area contributed by atoms with Crippen LogP contribution in [0.1, 0.15) is 22.7 Å². The van der Waals surface area contributed by atoms with Crippen molar-refractivity contribution < 1.29 is 9.53 Å². The molecule has 1 aromatic carbocycles. The molecule has 0 aliphatic carbocycles. The molecule has 1 aliphatic rings. The Morgan fingerprint density at radius 1 is 1.41 bits per heavy atom. The number of carbonyl (C=O) groups is 1. The van der Waals surface area contributed by atoms with Gasteiger partial charge in [-0.2, -0.15) is 0 Å². The van der Waals surface area contributed by atoms with E-state index in [2.05, 4.69) is 16.7 Å². The largest absolute Gasteiger partial charge is 0.383 e. The highest BCUT2D eigenvalue weighted by Gasteiger charge is 2.31. The predicted molar refractivity (Wildman–Crippen MR) is 67.2 cm³/mol. The highest BCUT2D eigenvalue weighted by Crippen LogP contribution is 2.34. The summed E-state index contributed by atoms with van der Waals surface area (Å²) in [5, 5.41) is 6.13. The lowest BCUT2D eigenvalue weighted by Crippen LogP contribution is -2.30. The highest BCUT2D eigenvalue weighted by molar-refractivity contribution is 6.03. The summed E-state index contributed by atoms with van der Waals surface area (Å²) in [5.41, 5.74) is 4.31. The van der Waals surface area contributed by atoms with Crippen molar-refractivity contribution >= 4 is 11.6 Å². The predicted octanol–water partition coefficient (Wildman–Crippen LogP) is 1.53. The molecule has 0 radical (unpaired) electrons. The molecule has 2 rings (SSSR count). The minimum Gasteiger partial charge on any atom is -0.383 e. The van der Waals surface area contributed by atoms with Crippen molar-refractivity contribution in [2.75, 3.05) is 25.6 Å². The molecule has 1 amide bonds. The molecule has 1 aliphatic heterocycles. The standard InChI is InChI=1S/C13H18N2O2/c1-8-6-9(2)11-10(7-8)15-13(16)12(11)14-4-5-17-3/h6-7,12,14H,4-5H2,1-3H3,(H,15,16). The number of anilines is 1. The van der Waals surface area contributed by atoms with Crippen LogP contribution in [0.5, 0.6) is 0 Å². The highest BCUT2D eigenvalue weighted by atomic mass is 16.5. The van der Waals surface area contributed by atoms with E-state index in [0.717, 1.165) is 16.8 Å². The number of amides is 1. The molecule has 2 N–H and O–H groups in total. The molecule has 4 heteroatoms. The number of aryl methyl sites for hydroxylation is 2. The van der Waals surface area contributed by atoms with Crippen molar-refractivity contribution in [1.29, 1.82) is 0 Å². The van der Waals surface area contributed by atoms with Gasteiger partial charge in [0.15, 0.2) is 0 Å². The second-order valence-electron chi connectivity index (χ2n) is 4.41. The number of benzene rings is 1. The summed E-state index contributed by atoms with van der Waals surface area (Å²) >= 11 is 0. The van der Waals surface area contributed by atoms with Crippen molar-refractivity contribution in [2.45, 2.75) is 19.9 Å². The topological polar surface area (TPSA) is 50.4 Å². The van der Waals surface area contributed by atoms with Crippen LogP contribution in [-0.4, -0.2) is 26.2 Å². The monoisotopic (exact) mass is 234 g/mol. The van der Waals surface area contributed by atoms with Crippen LogP contribution in [0, 0.1) is 13.8 Å². The smallest absolute Gasteiger partial charge is 0.246 e. The van der Waals surface area contributed by atoms with E-state index in [4.69, 9.17) is 4.74 Å². The summed E-state index contributed by atoms with van der Waals surface area (Å²) < 4.78 is 4.98. The Labute approximate surface area is 101 Å². The fourth-order valence-corrected chi connectivity index (χ4v) is 2.30. The summed E-state index contributed by atoms with van der Waals surface area (Å²) in [6.07, 6.45) is 0. The maximum absolute atomic E-state index is 11.9. The lowest BCUT2D eigenvalue weighted by atomic mass is 10.00. The van der Waals surface area contributed by atoms with Crippen LogP contribution in [0.15, 0.2) is 12.1 Å². The van der Waals surface area contributed by atoms with Crippen LogP contribution >= 0.6 is 0 Å². The normalized spacial score (nSPS) is 18.1. The third-order valence-electron chi connectivity index (χ3n) is 2.99. The van der Waals surface area contributed by atoms with Gasteiger partial charge in [0.2, 0.25) is 5.91 Å². The molecule has 17 heavy (non-hydrogen) atoms. The first-order chi connectivity index (χ1) is 8.13. The molecule has 0 bridgehead atoms. The minimum atomic E-state index is -0.249. The van der Waals surface area contributed by atoms with Crippen LogP contribution < -0.4 is 10.6 Å². The maximum atomic E-state index is 11.9.